The van der Waals surface area contributed by atoms with Gasteiger partial charge in [0.2, 0.25) is 11.8 Å². The second kappa shape index (κ2) is 7.69. The van der Waals surface area contributed by atoms with E-state index in [-0.39, 0.29) is 12.3 Å². The Kier molecular flexibility index (Phi) is 5.65. The molecule has 1 aromatic carbocycles. The molecule has 7 nitrogen and oxygen atoms in total. The van der Waals surface area contributed by atoms with Gasteiger partial charge in [0.1, 0.15) is 0 Å². The summed E-state index contributed by atoms with van der Waals surface area (Å²) in [5.74, 6) is -0.632. The summed E-state index contributed by atoms with van der Waals surface area (Å²) in [5, 5.41) is 4.81. The van der Waals surface area contributed by atoms with E-state index in [2.05, 4.69) is 21.5 Å². The van der Waals surface area contributed by atoms with Gasteiger partial charge in [-0.3, -0.25) is 15.0 Å². The van der Waals surface area contributed by atoms with Crippen LogP contribution in [0.3, 0.4) is 0 Å². The molecule has 0 bridgehead atoms. The topological polar surface area (TPSA) is 99.3 Å². The highest BCUT2D eigenvalue weighted by atomic mass is 32.2. The number of anilines is 1. The summed E-state index contributed by atoms with van der Waals surface area (Å²) in [7, 11) is 0. The van der Waals surface area contributed by atoms with E-state index < -0.39 is 17.2 Å². The molecule has 2 rings (SSSR count). The van der Waals surface area contributed by atoms with Crippen molar-refractivity contribution >= 4 is 35.3 Å². The number of nitrogens with one attached hydrogen (secondary N) is 4. The lowest BCUT2D eigenvalue weighted by atomic mass is 10.2. The number of benzene rings is 1. The van der Waals surface area contributed by atoms with Crippen LogP contribution < -0.4 is 21.5 Å². The van der Waals surface area contributed by atoms with E-state index in [9.17, 15) is 14.4 Å². The van der Waals surface area contributed by atoms with Gasteiger partial charge in [-0.1, -0.05) is 19.1 Å². The Morgan fingerprint density at radius 3 is 2.82 bits per heavy atom. The average Bonchev–Trinajstić information content (AvgIpc) is 2.51. The van der Waals surface area contributed by atoms with Crippen molar-refractivity contribution in [2.24, 2.45) is 0 Å². The van der Waals surface area contributed by atoms with Crippen molar-refractivity contribution < 1.29 is 14.4 Å². The Morgan fingerprint density at radius 2 is 2.05 bits per heavy atom. The Balaban J connectivity index is 1.82. The van der Waals surface area contributed by atoms with Gasteiger partial charge >= 0.3 is 6.03 Å². The number of carbonyl (C=O) groups excluding carboxylic acids is 3. The first-order valence-electron chi connectivity index (χ1n) is 6.99. The van der Waals surface area contributed by atoms with Crippen molar-refractivity contribution in [2.75, 3.05) is 11.9 Å². The number of rotatable bonds is 4. The molecule has 22 heavy (non-hydrogen) atoms. The lowest BCUT2D eigenvalue weighted by molar-refractivity contribution is -0.124. The normalized spacial score (nSPS) is 16.2. The molecular weight excluding hydrogens is 304 g/mol. The summed E-state index contributed by atoms with van der Waals surface area (Å²) in [6, 6.07) is 6.95. The first kappa shape index (κ1) is 16.2. The highest BCUT2D eigenvalue weighted by Crippen LogP contribution is 2.36. The van der Waals surface area contributed by atoms with Crippen LogP contribution in [0.5, 0.6) is 0 Å². The van der Waals surface area contributed by atoms with Crippen LogP contribution in [-0.2, 0) is 9.59 Å². The molecule has 0 unspecified atom stereocenters. The van der Waals surface area contributed by atoms with Gasteiger partial charge in [0.15, 0.2) is 0 Å². The van der Waals surface area contributed by atoms with Crippen LogP contribution in [0.4, 0.5) is 10.5 Å². The van der Waals surface area contributed by atoms with Crippen molar-refractivity contribution in [3.05, 3.63) is 24.3 Å². The second-order valence-electron chi connectivity index (χ2n) is 4.73. The number of carbonyl (C=O) groups is 3. The maximum absolute atomic E-state index is 12.0. The molecule has 1 aromatic rings. The summed E-state index contributed by atoms with van der Waals surface area (Å²) < 4.78 is 0. The molecule has 1 aliphatic rings. The van der Waals surface area contributed by atoms with Gasteiger partial charge in [-0.05, 0) is 18.6 Å². The van der Waals surface area contributed by atoms with Gasteiger partial charge in [0, 0.05) is 17.9 Å². The number of hydrogen-bond donors (Lipinski definition) is 4. The third-order valence-electron chi connectivity index (χ3n) is 2.93. The summed E-state index contributed by atoms with van der Waals surface area (Å²) in [5.41, 5.74) is 5.29. The standard InChI is InChI=1S/C14H18N4O3S/c1-2-7-15-14(21)18-17-12(19)8-11-13(20)16-9-5-3-4-6-10(9)22-11/h3-6,11H,2,7-8H2,1H3,(H,16,20)(H,17,19)(H2,15,18,21)/t11-/m0/s1. The lowest BCUT2D eigenvalue weighted by Crippen LogP contribution is -2.48. The largest absolute Gasteiger partial charge is 0.337 e. The Bertz CT molecular complexity index is 579. The molecule has 1 heterocycles. The zero-order valence-corrected chi connectivity index (χ0v) is 13.0. The Labute approximate surface area is 132 Å². The molecule has 0 saturated carbocycles. The number of hydrazine groups is 1. The average molecular weight is 322 g/mol. The molecule has 0 aliphatic carbocycles. The van der Waals surface area contributed by atoms with E-state index in [1.807, 2.05) is 31.2 Å². The van der Waals surface area contributed by atoms with Gasteiger partial charge in [-0.15, -0.1) is 11.8 Å². The SMILES string of the molecule is CCCNC(=O)NNC(=O)C[C@@H]1Sc2ccccc2NC1=O. The van der Waals surface area contributed by atoms with Crippen LogP contribution in [-0.4, -0.2) is 29.6 Å². The van der Waals surface area contributed by atoms with Crippen LogP contribution in [0.15, 0.2) is 29.2 Å². The van der Waals surface area contributed by atoms with E-state index in [1.54, 1.807) is 0 Å². The zero-order valence-electron chi connectivity index (χ0n) is 12.1. The summed E-state index contributed by atoms with van der Waals surface area (Å²) in [6.45, 7) is 2.45. The second-order valence-corrected chi connectivity index (χ2v) is 5.97. The van der Waals surface area contributed by atoms with E-state index >= 15 is 0 Å². The molecule has 1 atom stereocenters. The molecular formula is C14H18N4O3S. The molecule has 0 saturated heterocycles. The minimum absolute atomic E-state index is 0.0150. The first-order chi connectivity index (χ1) is 10.6. The van der Waals surface area contributed by atoms with E-state index in [4.69, 9.17) is 0 Å². The monoisotopic (exact) mass is 322 g/mol. The quantitative estimate of drug-likeness (QED) is 0.627. The smallest absolute Gasteiger partial charge is 0.333 e. The molecule has 118 valence electrons. The zero-order chi connectivity index (χ0) is 15.9. The van der Waals surface area contributed by atoms with Crippen LogP contribution in [0, 0.1) is 0 Å². The van der Waals surface area contributed by atoms with Crippen molar-refractivity contribution in [2.45, 2.75) is 29.9 Å². The fraction of sp³-hybridized carbons (Fsp3) is 0.357. The number of para-hydroxylation sites is 1. The van der Waals surface area contributed by atoms with Gasteiger partial charge in [0.25, 0.3) is 0 Å². The molecule has 0 spiro atoms. The number of thioether (sulfide) groups is 1. The molecule has 0 fully saturated rings. The highest BCUT2D eigenvalue weighted by Gasteiger charge is 2.28. The Morgan fingerprint density at radius 1 is 1.27 bits per heavy atom. The first-order valence-corrected chi connectivity index (χ1v) is 7.87. The Hall–Kier alpha value is -2.22. The van der Waals surface area contributed by atoms with Crippen LogP contribution in [0.25, 0.3) is 0 Å². The minimum Gasteiger partial charge on any atom is -0.337 e. The molecule has 1 aliphatic heterocycles. The predicted octanol–water partition coefficient (Wildman–Crippen LogP) is 1.23. The maximum Gasteiger partial charge on any atom is 0.333 e. The van der Waals surface area contributed by atoms with Crippen LogP contribution in [0.2, 0.25) is 0 Å². The van der Waals surface area contributed by atoms with Crippen molar-refractivity contribution in [3.8, 4) is 0 Å². The number of amides is 4. The number of hydrogen-bond acceptors (Lipinski definition) is 4. The predicted molar refractivity (Wildman–Crippen MR) is 84.3 cm³/mol. The summed E-state index contributed by atoms with van der Waals surface area (Å²) in [4.78, 5) is 36.0. The molecule has 0 aromatic heterocycles. The van der Waals surface area contributed by atoms with E-state index in [1.165, 1.54) is 11.8 Å². The van der Waals surface area contributed by atoms with Gasteiger partial charge in [-0.2, -0.15) is 0 Å². The molecule has 4 N–H and O–H groups in total. The highest BCUT2D eigenvalue weighted by molar-refractivity contribution is 8.01. The van der Waals surface area contributed by atoms with Gasteiger partial charge < -0.3 is 10.6 Å². The van der Waals surface area contributed by atoms with E-state index in [0.717, 1.165) is 17.0 Å². The van der Waals surface area contributed by atoms with Crippen molar-refractivity contribution in [3.63, 3.8) is 0 Å². The molecule has 8 heteroatoms. The van der Waals surface area contributed by atoms with E-state index in [0.29, 0.717) is 6.54 Å². The summed E-state index contributed by atoms with van der Waals surface area (Å²) in [6.07, 6.45) is 0.790. The fourth-order valence-electron chi connectivity index (χ4n) is 1.86. The molecule has 4 amide bonds. The third kappa shape index (κ3) is 4.39. The van der Waals surface area contributed by atoms with Crippen LogP contribution in [0.1, 0.15) is 19.8 Å². The summed E-state index contributed by atoms with van der Waals surface area (Å²) >= 11 is 1.34. The number of fused-ring (bicyclic) bond motifs is 1. The minimum atomic E-state index is -0.518. The fourth-order valence-corrected chi connectivity index (χ4v) is 2.97. The molecule has 0 radical (unpaired) electrons. The van der Waals surface area contributed by atoms with Crippen molar-refractivity contribution in [1.29, 1.82) is 0 Å². The lowest BCUT2D eigenvalue weighted by Gasteiger charge is -2.23. The van der Waals surface area contributed by atoms with Crippen molar-refractivity contribution in [1.82, 2.24) is 16.2 Å². The third-order valence-corrected chi connectivity index (χ3v) is 4.20. The van der Waals surface area contributed by atoms with Gasteiger partial charge in [-0.25, -0.2) is 10.2 Å². The van der Waals surface area contributed by atoms with Crippen LogP contribution >= 0.6 is 11.8 Å². The number of urea groups is 1. The maximum atomic E-state index is 12.0. The van der Waals surface area contributed by atoms with Gasteiger partial charge in [0.05, 0.1) is 10.9 Å².